The van der Waals surface area contributed by atoms with E-state index >= 15 is 0 Å². The topological polar surface area (TPSA) is 24.9 Å². The predicted molar refractivity (Wildman–Crippen MR) is 79.9 cm³/mol. The van der Waals surface area contributed by atoms with Crippen LogP contribution in [0.5, 0.6) is 0 Å². The molecule has 1 aliphatic rings. The molecule has 1 atom stereocenters. The normalized spacial score (nSPS) is 19.1. The molecule has 1 fully saturated rings. The maximum atomic E-state index is 4.26. The van der Waals surface area contributed by atoms with Crippen LogP contribution in [0.4, 0.5) is 0 Å². The molecule has 1 saturated heterocycles. The molecule has 2 heterocycles. The Hall–Kier alpha value is -0.540. The Bertz CT molecular complexity index is 334. The van der Waals surface area contributed by atoms with E-state index in [2.05, 4.69) is 42.0 Å². The Morgan fingerprint density at radius 3 is 2.78 bits per heavy atom. The highest BCUT2D eigenvalue weighted by Gasteiger charge is 2.20. The summed E-state index contributed by atoms with van der Waals surface area (Å²) in [5, 5.41) is 3.85. The fourth-order valence-electron chi connectivity index (χ4n) is 2.50. The Kier molecular flexibility index (Phi) is 5.51. The van der Waals surface area contributed by atoms with Crippen LogP contribution >= 0.6 is 11.8 Å². The van der Waals surface area contributed by atoms with Gasteiger partial charge in [-0.05, 0) is 48.3 Å². The van der Waals surface area contributed by atoms with Gasteiger partial charge in [0, 0.05) is 24.5 Å². The number of rotatable bonds is 5. The Balaban J connectivity index is 2.00. The van der Waals surface area contributed by atoms with Crippen LogP contribution in [0.3, 0.4) is 0 Å². The first-order chi connectivity index (χ1) is 8.75. The van der Waals surface area contributed by atoms with Crippen molar-refractivity contribution in [1.29, 1.82) is 0 Å². The van der Waals surface area contributed by atoms with E-state index in [4.69, 9.17) is 0 Å². The molecule has 2 rings (SSSR count). The molecule has 0 radical (unpaired) electrons. The van der Waals surface area contributed by atoms with Crippen molar-refractivity contribution < 1.29 is 0 Å². The van der Waals surface area contributed by atoms with E-state index in [1.54, 1.807) is 0 Å². The van der Waals surface area contributed by atoms with Crippen molar-refractivity contribution >= 4 is 11.8 Å². The van der Waals surface area contributed by atoms with Crippen molar-refractivity contribution in [1.82, 2.24) is 10.3 Å². The lowest BCUT2D eigenvalue weighted by atomic mass is 9.96. The first kappa shape index (κ1) is 13.9. The van der Waals surface area contributed by atoms with Gasteiger partial charge in [-0.3, -0.25) is 4.98 Å². The van der Waals surface area contributed by atoms with E-state index in [9.17, 15) is 0 Å². The van der Waals surface area contributed by atoms with Gasteiger partial charge in [0.15, 0.2) is 0 Å². The number of pyridine rings is 1. The maximum absolute atomic E-state index is 4.26. The molecule has 1 aromatic rings. The molecule has 1 N–H and O–H groups in total. The second kappa shape index (κ2) is 7.15. The van der Waals surface area contributed by atoms with E-state index < -0.39 is 0 Å². The van der Waals surface area contributed by atoms with Gasteiger partial charge in [0.05, 0.1) is 0 Å². The molecule has 2 nitrogen and oxygen atoms in total. The SMILES string of the molecule is CC(C)C[C@H](NC1CCSCC1)c1cccnc1. The molecule has 18 heavy (non-hydrogen) atoms. The first-order valence-corrected chi connectivity index (χ1v) is 8.15. The minimum atomic E-state index is 0.465. The minimum Gasteiger partial charge on any atom is -0.307 e. The zero-order valence-electron chi connectivity index (χ0n) is 11.4. The minimum absolute atomic E-state index is 0.465. The van der Waals surface area contributed by atoms with Crippen molar-refractivity contribution in [3.63, 3.8) is 0 Å². The fraction of sp³-hybridized carbons (Fsp3) is 0.667. The molecule has 1 aliphatic heterocycles. The van der Waals surface area contributed by atoms with Crippen LogP contribution < -0.4 is 5.32 Å². The molecule has 0 amide bonds. The lowest BCUT2D eigenvalue weighted by Crippen LogP contribution is -2.36. The Labute approximate surface area is 115 Å². The van der Waals surface area contributed by atoms with Crippen LogP contribution in [0.2, 0.25) is 0 Å². The average molecular weight is 264 g/mol. The van der Waals surface area contributed by atoms with Crippen LogP contribution in [0.15, 0.2) is 24.5 Å². The molecule has 3 heteroatoms. The van der Waals surface area contributed by atoms with Gasteiger partial charge in [0.2, 0.25) is 0 Å². The van der Waals surface area contributed by atoms with Gasteiger partial charge in [0.25, 0.3) is 0 Å². The number of aromatic nitrogens is 1. The second-order valence-electron chi connectivity index (χ2n) is 5.52. The van der Waals surface area contributed by atoms with Crippen molar-refractivity contribution in [2.75, 3.05) is 11.5 Å². The maximum Gasteiger partial charge on any atom is 0.0340 e. The zero-order valence-corrected chi connectivity index (χ0v) is 12.2. The summed E-state index contributed by atoms with van der Waals surface area (Å²) < 4.78 is 0. The molecule has 0 spiro atoms. The zero-order chi connectivity index (χ0) is 12.8. The lowest BCUT2D eigenvalue weighted by Gasteiger charge is -2.29. The van der Waals surface area contributed by atoms with E-state index in [1.165, 1.54) is 36.3 Å². The number of thioether (sulfide) groups is 1. The van der Waals surface area contributed by atoms with Gasteiger partial charge in [0.1, 0.15) is 0 Å². The van der Waals surface area contributed by atoms with Crippen molar-refractivity contribution in [3.8, 4) is 0 Å². The lowest BCUT2D eigenvalue weighted by molar-refractivity contribution is 0.364. The summed E-state index contributed by atoms with van der Waals surface area (Å²) in [5.41, 5.74) is 1.34. The standard InChI is InChI=1S/C15H24N2S/c1-12(2)10-15(13-4-3-7-16-11-13)17-14-5-8-18-9-6-14/h3-4,7,11-12,14-15,17H,5-6,8-10H2,1-2H3/t15-/m0/s1. The molecular formula is C15H24N2S. The van der Waals surface area contributed by atoms with Crippen LogP contribution in [0.1, 0.15) is 44.7 Å². The molecule has 0 saturated carbocycles. The van der Waals surface area contributed by atoms with Crippen molar-refractivity contribution in [3.05, 3.63) is 30.1 Å². The van der Waals surface area contributed by atoms with Gasteiger partial charge in [-0.15, -0.1) is 0 Å². The number of nitrogens with zero attached hydrogens (tertiary/aromatic N) is 1. The predicted octanol–water partition coefficient (Wildman–Crippen LogP) is 3.65. The van der Waals surface area contributed by atoms with Crippen molar-refractivity contribution in [2.45, 2.75) is 45.2 Å². The third-order valence-electron chi connectivity index (χ3n) is 3.45. The van der Waals surface area contributed by atoms with Gasteiger partial charge in [-0.25, -0.2) is 0 Å². The van der Waals surface area contributed by atoms with Crippen molar-refractivity contribution in [2.24, 2.45) is 5.92 Å². The molecule has 1 aromatic heterocycles. The van der Waals surface area contributed by atoms with E-state index in [0.29, 0.717) is 18.0 Å². The van der Waals surface area contributed by atoms with E-state index in [0.717, 1.165) is 0 Å². The van der Waals surface area contributed by atoms with Gasteiger partial charge < -0.3 is 5.32 Å². The number of hydrogen-bond acceptors (Lipinski definition) is 3. The third-order valence-corrected chi connectivity index (χ3v) is 4.50. The van der Waals surface area contributed by atoms with Crippen LogP contribution in [-0.2, 0) is 0 Å². The molecule has 0 aromatic carbocycles. The van der Waals surface area contributed by atoms with E-state index in [-0.39, 0.29) is 0 Å². The monoisotopic (exact) mass is 264 g/mol. The molecular weight excluding hydrogens is 240 g/mol. The van der Waals surface area contributed by atoms with Crippen LogP contribution in [0.25, 0.3) is 0 Å². The average Bonchev–Trinajstić information content (AvgIpc) is 2.40. The first-order valence-electron chi connectivity index (χ1n) is 6.99. The fourth-order valence-corrected chi connectivity index (χ4v) is 3.61. The van der Waals surface area contributed by atoms with Gasteiger partial charge >= 0.3 is 0 Å². The summed E-state index contributed by atoms with van der Waals surface area (Å²) in [7, 11) is 0. The summed E-state index contributed by atoms with van der Waals surface area (Å²) in [5.74, 6) is 3.32. The molecule has 0 unspecified atom stereocenters. The molecule has 100 valence electrons. The van der Waals surface area contributed by atoms with E-state index in [1.807, 2.05) is 18.5 Å². The largest absolute Gasteiger partial charge is 0.307 e. The Morgan fingerprint density at radius 1 is 1.39 bits per heavy atom. The summed E-state index contributed by atoms with van der Waals surface area (Å²) in [6.07, 6.45) is 7.67. The van der Waals surface area contributed by atoms with Gasteiger partial charge in [-0.2, -0.15) is 11.8 Å². The highest BCUT2D eigenvalue weighted by Crippen LogP contribution is 2.25. The summed E-state index contributed by atoms with van der Waals surface area (Å²) in [6.45, 7) is 4.59. The van der Waals surface area contributed by atoms with Crippen LogP contribution in [-0.4, -0.2) is 22.5 Å². The number of nitrogens with one attached hydrogen (secondary N) is 1. The quantitative estimate of drug-likeness (QED) is 0.878. The summed E-state index contributed by atoms with van der Waals surface area (Å²) in [4.78, 5) is 4.26. The third kappa shape index (κ3) is 4.29. The summed E-state index contributed by atoms with van der Waals surface area (Å²) >= 11 is 2.08. The molecule has 0 aliphatic carbocycles. The van der Waals surface area contributed by atoms with Crippen LogP contribution in [0, 0.1) is 5.92 Å². The second-order valence-corrected chi connectivity index (χ2v) is 6.75. The Morgan fingerprint density at radius 2 is 2.17 bits per heavy atom. The molecule has 0 bridgehead atoms. The van der Waals surface area contributed by atoms with Gasteiger partial charge in [-0.1, -0.05) is 19.9 Å². The highest BCUT2D eigenvalue weighted by atomic mass is 32.2. The summed E-state index contributed by atoms with van der Waals surface area (Å²) in [6, 6.07) is 5.40. The highest BCUT2D eigenvalue weighted by molar-refractivity contribution is 7.99. The number of hydrogen-bond donors (Lipinski definition) is 1. The smallest absolute Gasteiger partial charge is 0.0340 e.